The molecule has 8 rings (SSSR count). The van der Waals surface area contributed by atoms with E-state index in [2.05, 4.69) is 133 Å². The molecule has 1 aliphatic carbocycles. The van der Waals surface area contributed by atoms with Gasteiger partial charge in [-0.25, -0.2) is 0 Å². The van der Waals surface area contributed by atoms with Gasteiger partial charge in [-0.05, 0) is 102 Å². The number of hydrogen-bond donors (Lipinski definition) is 0. The van der Waals surface area contributed by atoms with Crippen molar-refractivity contribution >= 4 is 10.8 Å². The van der Waals surface area contributed by atoms with Crippen molar-refractivity contribution in [1.82, 2.24) is 0 Å². The molecule has 0 N–H and O–H groups in total. The van der Waals surface area contributed by atoms with Crippen LogP contribution in [-0.2, 0) is 0 Å². The first kappa shape index (κ1) is 24.1. The lowest BCUT2D eigenvalue weighted by molar-refractivity contribution is 1.48. The van der Waals surface area contributed by atoms with Gasteiger partial charge in [0.25, 0.3) is 0 Å². The number of nitrogens with zero attached hydrogens (tertiary/aromatic N) is 1. The summed E-state index contributed by atoms with van der Waals surface area (Å²) in [6, 6.07) is 56.2. The van der Waals surface area contributed by atoms with Gasteiger partial charge in [0, 0.05) is 0 Å². The summed E-state index contributed by atoms with van der Waals surface area (Å²) >= 11 is 0. The molecule has 0 spiro atoms. The quantitative estimate of drug-likeness (QED) is 0.222. The van der Waals surface area contributed by atoms with Crippen LogP contribution < -0.4 is 0 Å². The Hall–Kier alpha value is -5.71. The summed E-state index contributed by atoms with van der Waals surface area (Å²) in [6.45, 7) is 0. The molecule has 0 saturated heterocycles. The van der Waals surface area contributed by atoms with Gasteiger partial charge in [0.1, 0.15) is 0 Å². The molecule has 0 atom stereocenters. The fourth-order valence-corrected chi connectivity index (χ4v) is 6.57. The molecule has 0 unspecified atom stereocenters. The molecule has 0 fully saturated rings. The average molecular weight is 532 g/mol. The van der Waals surface area contributed by atoms with Crippen LogP contribution in [0.3, 0.4) is 0 Å². The van der Waals surface area contributed by atoms with E-state index < -0.39 is 0 Å². The molecule has 1 heteroatoms. The smallest absolute Gasteiger partial charge is 0.0991 e. The maximum Gasteiger partial charge on any atom is 0.0991 e. The van der Waals surface area contributed by atoms with E-state index in [4.69, 9.17) is 0 Å². The lowest BCUT2D eigenvalue weighted by Gasteiger charge is -2.21. The fourth-order valence-electron chi connectivity index (χ4n) is 6.57. The molecule has 194 valence electrons. The van der Waals surface area contributed by atoms with E-state index in [1.54, 1.807) is 0 Å². The Labute approximate surface area is 245 Å². The minimum absolute atomic E-state index is 0.668. The van der Waals surface area contributed by atoms with Crippen LogP contribution in [0, 0.1) is 11.3 Å². The van der Waals surface area contributed by atoms with Crippen molar-refractivity contribution in [2.45, 2.75) is 0 Å². The van der Waals surface area contributed by atoms with E-state index in [1.807, 2.05) is 24.3 Å². The Balaban J connectivity index is 1.48. The second kappa shape index (κ2) is 9.73. The maximum absolute atomic E-state index is 9.30. The Bertz CT molecular complexity index is 2160. The summed E-state index contributed by atoms with van der Waals surface area (Å²) < 4.78 is 0. The normalized spacial score (nSPS) is 11.3. The Morgan fingerprint density at radius 3 is 1.62 bits per heavy atom. The highest BCUT2D eigenvalue weighted by atomic mass is 14.3. The molecular formula is C41H25N. The topological polar surface area (TPSA) is 23.8 Å². The average Bonchev–Trinajstić information content (AvgIpc) is 3.41. The second-order valence-corrected chi connectivity index (χ2v) is 10.8. The van der Waals surface area contributed by atoms with E-state index in [0.717, 1.165) is 11.1 Å². The van der Waals surface area contributed by atoms with Gasteiger partial charge in [-0.3, -0.25) is 0 Å². The summed E-state index contributed by atoms with van der Waals surface area (Å²) in [5, 5.41) is 11.9. The lowest BCUT2D eigenvalue weighted by atomic mass is 9.82. The first-order valence-corrected chi connectivity index (χ1v) is 14.3. The van der Waals surface area contributed by atoms with Crippen molar-refractivity contribution in [2.75, 3.05) is 0 Å². The van der Waals surface area contributed by atoms with Gasteiger partial charge in [-0.15, -0.1) is 0 Å². The van der Waals surface area contributed by atoms with E-state index in [1.165, 1.54) is 66.4 Å². The SMILES string of the molecule is N#Cc1ccc(-c2cccc(-c3cc(-c4ccccc4)c4c(c3-c3ccccc3)-c3cccc5cccc-4c35)c2)cc1. The molecule has 7 aromatic carbocycles. The number of fused-ring (bicyclic) bond motifs is 3. The molecule has 0 radical (unpaired) electrons. The Morgan fingerprint density at radius 1 is 0.357 bits per heavy atom. The van der Waals surface area contributed by atoms with Crippen LogP contribution in [0.25, 0.3) is 77.5 Å². The zero-order valence-corrected chi connectivity index (χ0v) is 22.9. The molecule has 0 aromatic heterocycles. The first-order chi connectivity index (χ1) is 20.8. The maximum atomic E-state index is 9.30. The first-order valence-electron chi connectivity index (χ1n) is 14.3. The summed E-state index contributed by atoms with van der Waals surface area (Å²) in [4.78, 5) is 0. The molecule has 7 aromatic rings. The standard InChI is InChI=1S/C41H25N/c42-26-27-20-22-28(23-21-27)32-16-7-17-33(24-32)37-25-36(29-10-3-1-4-11-29)40-34-18-8-14-30-15-9-19-35(38(30)34)41(40)39(37)31-12-5-2-6-13-31/h1-25H. The van der Waals surface area contributed by atoms with Crippen molar-refractivity contribution in [3.63, 3.8) is 0 Å². The van der Waals surface area contributed by atoms with Crippen LogP contribution >= 0.6 is 0 Å². The summed E-state index contributed by atoms with van der Waals surface area (Å²) in [6.07, 6.45) is 0. The zero-order valence-electron chi connectivity index (χ0n) is 22.9. The third-order valence-corrected chi connectivity index (χ3v) is 8.44. The van der Waals surface area contributed by atoms with E-state index in [9.17, 15) is 5.26 Å². The third-order valence-electron chi connectivity index (χ3n) is 8.44. The van der Waals surface area contributed by atoms with Gasteiger partial charge < -0.3 is 0 Å². The predicted molar refractivity (Wildman–Crippen MR) is 175 cm³/mol. The van der Waals surface area contributed by atoms with Crippen LogP contribution in [0.15, 0.2) is 152 Å². The van der Waals surface area contributed by atoms with Crippen LogP contribution in [0.2, 0.25) is 0 Å². The highest BCUT2D eigenvalue weighted by molar-refractivity contribution is 6.22. The monoisotopic (exact) mass is 531 g/mol. The molecule has 1 aliphatic rings. The largest absolute Gasteiger partial charge is 0.192 e. The van der Waals surface area contributed by atoms with Gasteiger partial charge in [-0.2, -0.15) is 5.26 Å². The molecule has 1 nitrogen and oxygen atoms in total. The molecule has 0 aliphatic heterocycles. The minimum Gasteiger partial charge on any atom is -0.192 e. The Morgan fingerprint density at radius 2 is 0.929 bits per heavy atom. The van der Waals surface area contributed by atoms with Gasteiger partial charge in [0.05, 0.1) is 11.6 Å². The van der Waals surface area contributed by atoms with Crippen LogP contribution in [0.5, 0.6) is 0 Å². The van der Waals surface area contributed by atoms with Crippen molar-refractivity contribution < 1.29 is 0 Å². The number of benzene rings is 7. The van der Waals surface area contributed by atoms with Crippen molar-refractivity contribution in [2.24, 2.45) is 0 Å². The number of hydrogen-bond acceptors (Lipinski definition) is 1. The second-order valence-electron chi connectivity index (χ2n) is 10.8. The summed E-state index contributed by atoms with van der Waals surface area (Å²) in [7, 11) is 0. The van der Waals surface area contributed by atoms with Crippen LogP contribution in [0.4, 0.5) is 0 Å². The molecule has 0 bridgehead atoms. The minimum atomic E-state index is 0.668. The van der Waals surface area contributed by atoms with Crippen LogP contribution in [0.1, 0.15) is 5.56 Å². The lowest BCUT2D eigenvalue weighted by Crippen LogP contribution is -1.94. The van der Waals surface area contributed by atoms with Crippen molar-refractivity contribution in [3.05, 3.63) is 157 Å². The summed E-state index contributed by atoms with van der Waals surface area (Å²) in [5.41, 5.74) is 15.4. The summed E-state index contributed by atoms with van der Waals surface area (Å²) in [5.74, 6) is 0. The third kappa shape index (κ3) is 3.78. The van der Waals surface area contributed by atoms with Crippen molar-refractivity contribution in [1.29, 1.82) is 5.26 Å². The van der Waals surface area contributed by atoms with Crippen molar-refractivity contribution in [3.8, 4) is 72.8 Å². The highest BCUT2D eigenvalue weighted by Gasteiger charge is 2.30. The van der Waals surface area contributed by atoms with Gasteiger partial charge in [0.2, 0.25) is 0 Å². The molecule has 0 amide bonds. The number of rotatable bonds is 4. The van der Waals surface area contributed by atoms with Gasteiger partial charge in [-0.1, -0.05) is 127 Å². The molecule has 42 heavy (non-hydrogen) atoms. The van der Waals surface area contributed by atoms with Crippen LogP contribution in [-0.4, -0.2) is 0 Å². The van der Waals surface area contributed by atoms with Gasteiger partial charge >= 0.3 is 0 Å². The predicted octanol–water partition coefficient (Wildman–Crippen LogP) is 11.0. The van der Waals surface area contributed by atoms with E-state index >= 15 is 0 Å². The Kier molecular flexibility index (Phi) is 5.59. The van der Waals surface area contributed by atoms with E-state index in [-0.39, 0.29) is 0 Å². The van der Waals surface area contributed by atoms with E-state index in [0.29, 0.717) is 5.56 Å². The molecule has 0 saturated carbocycles. The zero-order chi connectivity index (χ0) is 28.0. The molecular weight excluding hydrogens is 506 g/mol. The highest BCUT2D eigenvalue weighted by Crippen LogP contribution is 2.57. The number of nitriles is 1. The van der Waals surface area contributed by atoms with Gasteiger partial charge in [0.15, 0.2) is 0 Å². The fraction of sp³-hybridized carbons (Fsp3) is 0. The molecule has 0 heterocycles.